The Balaban J connectivity index is 1.73. The van der Waals surface area contributed by atoms with Gasteiger partial charge in [-0.1, -0.05) is 23.8 Å². The Labute approximate surface area is 143 Å². The Morgan fingerprint density at radius 3 is 2.71 bits per heavy atom. The molecule has 0 aliphatic carbocycles. The lowest BCUT2D eigenvalue weighted by molar-refractivity contribution is 0.355. The average Bonchev–Trinajstić information content (AvgIpc) is 3.28. The molecule has 3 aromatic rings. The lowest BCUT2D eigenvalue weighted by Crippen LogP contribution is -1.90. The number of hydrogen-bond donors (Lipinski definition) is 0. The summed E-state index contributed by atoms with van der Waals surface area (Å²) in [5.41, 5.74) is 2.75. The minimum absolute atomic E-state index is 0.430. The largest absolute Gasteiger partial charge is 0.493 e. The van der Waals surface area contributed by atoms with E-state index in [0.29, 0.717) is 28.4 Å². The van der Waals surface area contributed by atoms with E-state index < -0.39 is 0 Å². The topological polar surface area (TPSA) is 83.4 Å². The fourth-order valence-electron chi connectivity index (χ4n) is 2.18. The summed E-state index contributed by atoms with van der Waals surface area (Å²) < 4.78 is 21.2. The first-order valence-corrected chi connectivity index (χ1v) is 8.34. The van der Waals surface area contributed by atoms with Crippen LogP contribution in [0.3, 0.4) is 0 Å². The standard InChI is InChI=1S/C16H17N3O4S/c1-4-12-11(8-22-19-12)9-24-16-18-17-15(23-16)10-5-6-13(20-2)14(7-10)21-3/h5-8H,4,9H2,1-3H3. The minimum atomic E-state index is 0.430. The maximum absolute atomic E-state index is 5.71. The van der Waals surface area contributed by atoms with Gasteiger partial charge in [0.2, 0.25) is 5.89 Å². The molecule has 7 nitrogen and oxygen atoms in total. The summed E-state index contributed by atoms with van der Waals surface area (Å²) in [5.74, 6) is 2.36. The maximum atomic E-state index is 5.71. The number of aryl methyl sites for hydroxylation is 1. The van der Waals surface area contributed by atoms with Crippen LogP contribution in [0, 0.1) is 0 Å². The van der Waals surface area contributed by atoms with Gasteiger partial charge in [-0.3, -0.25) is 0 Å². The minimum Gasteiger partial charge on any atom is -0.493 e. The van der Waals surface area contributed by atoms with E-state index in [1.807, 2.05) is 13.0 Å². The van der Waals surface area contributed by atoms with Gasteiger partial charge in [0.1, 0.15) is 6.26 Å². The van der Waals surface area contributed by atoms with Gasteiger partial charge in [0, 0.05) is 16.9 Å². The Bertz CT molecular complexity index is 815. The number of aromatic nitrogens is 3. The highest BCUT2D eigenvalue weighted by Gasteiger charge is 2.14. The molecule has 0 radical (unpaired) electrons. The van der Waals surface area contributed by atoms with Crippen LogP contribution in [0.5, 0.6) is 11.5 Å². The van der Waals surface area contributed by atoms with Crippen LogP contribution < -0.4 is 9.47 Å². The van der Waals surface area contributed by atoms with Crippen LogP contribution in [0.15, 0.2) is 38.6 Å². The Kier molecular flexibility index (Phi) is 5.05. The molecule has 0 bridgehead atoms. The van der Waals surface area contributed by atoms with Crippen molar-refractivity contribution in [2.45, 2.75) is 24.3 Å². The molecule has 1 aromatic carbocycles. The Morgan fingerprint density at radius 1 is 1.12 bits per heavy atom. The molecule has 126 valence electrons. The highest BCUT2D eigenvalue weighted by atomic mass is 32.2. The van der Waals surface area contributed by atoms with Gasteiger partial charge >= 0.3 is 0 Å². The summed E-state index contributed by atoms with van der Waals surface area (Å²) in [7, 11) is 3.18. The summed E-state index contributed by atoms with van der Waals surface area (Å²) in [5, 5.41) is 12.6. The van der Waals surface area contributed by atoms with Gasteiger partial charge in [0.05, 0.1) is 19.9 Å². The number of benzene rings is 1. The van der Waals surface area contributed by atoms with E-state index in [1.54, 1.807) is 32.6 Å². The van der Waals surface area contributed by atoms with Crippen molar-refractivity contribution in [1.82, 2.24) is 15.4 Å². The SMILES string of the molecule is CCc1nocc1CSc1nnc(-c2ccc(OC)c(OC)c2)o1. The van der Waals surface area contributed by atoms with Crippen LogP contribution >= 0.6 is 11.8 Å². The summed E-state index contributed by atoms with van der Waals surface area (Å²) >= 11 is 1.44. The first kappa shape index (κ1) is 16.4. The zero-order valence-corrected chi connectivity index (χ0v) is 14.4. The second-order valence-corrected chi connectivity index (χ2v) is 5.80. The van der Waals surface area contributed by atoms with Crippen LogP contribution in [0.1, 0.15) is 18.2 Å². The fraction of sp³-hybridized carbons (Fsp3) is 0.312. The van der Waals surface area contributed by atoms with Gasteiger partial charge < -0.3 is 18.4 Å². The molecule has 0 amide bonds. The zero-order valence-electron chi connectivity index (χ0n) is 13.6. The van der Waals surface area contributed by atoms with E-state index in [4.69, 9.17) is 18.4 Å². The second kappa shape index (κ2) is 7.39. The summed E-state index contributed by atoms with van der Waals surface area (Å²) in [4.78, 5) is 0. The predicted molar refractivity (Wildman–Crippen MR) is 88.3 cm³/mol. The molecule has 2 aromatic heterocycles. The first-order valence-electron chi connectivity index (χ1n) is 7.36. The van der Waals surface area contributed by atoms with E-state index >= 15 is 0 Å². The molecule has 3 rings (SSSR count). The molecule has 0 unspecified atom stereocenters. The molecule has 0 saturated heterocycles. The Morgan fingerprint density at radius 2 is 1.96 bits per heavy atom. The van der Waals surface area contributed by atoms with Gasteiger partial charge in [-0.2, -0.15) is 0 Å². The quantitative estimate of drug-likeness (QED) is 0.600. The Hall–Kier alpha value is -2.48. The summed E-state index contributed by atoms with van der Waals surface area (Å²) in [6, 6.07) is 5.45. The zero-order chi connectivity index (χ0) is 16.9. The maximum Gasteiger partial charge on any atom is 0.277 e. The lowest BCUT2D eigenvalue weighted by atomic mass is 10.2. The van der Waals surface area contributed by atoms with Crippen molar-refractivity contribution in [1.29, 1.82) is 0 Å². The molecule has 0 saturated carbocycles. The fourth-order valence-corrected chi connectivity index (χ4v) is 2.93. The lowest BCUT2D eigenvalue weighted by Gasteiger charge is -2.07. The smallest absolute Gasteiger partial charge is 0.277 e. The average molecular weight is 347 g/mol. The molecule has 0 aliphatic heterocycles. The monoisotopic (exact) mass is 347 g/mol. The van der Waals surface area contributed by atoms with E-state index in [2.05, 4.69) is 15.4 Å². The predicted octanol–water partition coefficient (Wildman–Crippen LogP) is 3.60. The number of hydrogen-bond acceptors (Lipinski definition) is 8. The molecule has 2 heterocycles. The van der Waals surface area contributed by atoms with Crippen LogP contribution in [0.2, 0.25) is 0 Å². The summed E-state index contributed by atoms with van der Waals surface area (Å²) in [6.45, 7) is 2.04. The van der Waals surface area contributed by atoms with Crippen LogP contribution in [0.25, 0.3) is 11.5 Å². The highest BCUT2D eigenvalue weighted by molar-refractivity contribution is 7.98. The van der Waals surface area contributed by atoms with Gasteiger partial charge in [-0.15, -0.1) is 10.2 Å². The third-order valence-corrected chi connectivity index (χ3v) is 4.32. The molecule has 0 fully saturated rings. The van der Waals surface area contributed by atoms with Crippen LogP contribution in [-0.4, -0.2) is 29.6 Å². The molecule has 0 N–H and O–H groups in total. The third kappa shape index (κ3) is 3.38. The van der Waals surface area contributed by atoms with Crippen molar-refractivity contribution in [3.8, 4) is 23.0 Å². The molecule has 0 spiro atoms. The van der Waals surface area contributed by atoms with Crippen LogP contribution in [-0.2, 0) is 12.2 Å². The number of thioether (sulfide) groups is 1. The molecular weight excluding hydrogens is 330 g/mol. The van der Waals surface area contributed by atoms with Gasteiger partial charge in [-0.25, -0.2) is 0 Å². The van der Waals surface area contributed by atoms with E-state index in [-0.39, 0.29) is 0 Å². The number of nitrogens with zero attached hydrogens (tertiary/aromatic N) is 3. The van der Waals surface area contributed by atoms with Gasteiger partial charge in [-0.05, 0) is 24.6 Å². The normalized spacial score (nSPS) is 10.8. The van der Waals surface area contributed by atoms with Crippen molar-refractivity contribution in [2.75, 3.05) is 14.2 Å². The van der Waals surface area contributed by atoms with E-state index in [1.165, 1.54) is 11.8 Å². The van der Waals surface area contributed by atoms with Crippen LogP contribution in [0.4, 0.5) is 0 Å². The first-order chi connectivity index (χ1) is 11.7. The third-order valence-electron chi connectivity index (χ3n) is 3.45. The number of ether oxygens (including phenoxy) is 2. The van der Waals surface area contributed by atoms with Crippen molar-refractivity contribution in [2.24, 2.45) is 0 Å². The van der Waals surface area contributed by atoms with Gasteiger partial charge in [0.15, 0.2) is 11.5 Å². The molecule has 0 aliphatic rings. The van der Waals surface area contributed by atoms with Crippen molar-refractivity contribution in [3.63, 3.8) is 0 Å². The van der Waals surface area contributed by atoms with E-state index in [9.17, 15) is 0 Å². The van der Waals surface area contributed by atoms with Crippen molar-refractivity contribution < 1.29 is 18.4 Å². The molecule has 0 atom stereocenters. The molecule has 8 heteroatoms. The van der Waals surface area contributed by atoms with Crippen molar-refractivity contribution >= 4 is 11.8 Å². The summed E-state index contributed by atoms with van der Waals surface area (Å²) in [6.07, 6.45) is 2.48. The van der Waals surface area contributed by atoms with Gasteiger partial charge in [0.25, 0.3) is 5.22 Å². The highest BCUT2D eigenvalue weighted by Crippen LogP contribution is 2.33. The van der Waals surface area contributed by atoms with Crippen molar-refractivity contribution in [3.05, 3.63) is 35.7 Å². The number of rotatable bonds is 7. The second-order valence-electron chi connectivity index (χ2n) is 4.87. The molecule has 24 heavy (non-hydrogen) atoms. The molecular formula is C16H17N3O4S. The number of methoxy groups -OCH3 is 2. The van der Waals surface area contributed by atoms with E-state index in [0.717, 1.165) is 23.2 Å².